The molecule has 0 radical (unpaired) electrons. The Morgan fingerprint density at radius 3 is 2.81 bits per heavy atom. The van der Waals surface area contributed by atoms with Crippen LogP contribution in [0.4, 0.5) is 4.39 Å². The summed E-state index contributed by atoms with van der Waals surface area (Å²) in [7, 11) is 1.91. The van der Waals surface area contributed by atoms with E-state index in [-0.39, 0.29) is 16.9 Å². The molecule has 1 atom stereocenters. The zero-order valence-corrected chi connectivity index (χ0v) is 13.4. The summed E-state index contributed by atoms with van der Waals surface area (Å²) in [5, 5.41) is 8.10. The van der Waals surface area contributed by atoms with Gasteiger partial charge in [0.15, 0.2) is 0 Å². The summed E-state index contributed by atoms with van der Waals surface area (Å²) in [5.74, 6) is -0.369. The molecule has 2 rings (SSSR count). The zero-order valence-electron chi connectivity index (χ0n) is 12.7. The highest BCUT2D eigenvalue weighted by Crippen LogP contribution is 2.26. The lowest BCUT2D eigenvalue weighted by Crippen LogP contribution is -2.24. The van der Waals surface area contributed by atoms with Gasteiger partial charge in [0, 0.05) is 24.8 Å². The molecule has 1 unspecified atom stereocenters. The highest BCUT2D eigenvalue weighted by molar-refractivity contribution is 6.31. The molecule has 2 aromatic rings. The molecule has 0 aliphatic carbocycles. The Morgan fingerprint density at radius 2 is 2.19 bits per heavy atom. The first kappa shape index (κ1) is 16.0. The summed E-state index contributed by atoms with van der Waals surface area (Å²) in [6.07, 6.45) is 3.69. The average Bonchev–Trinajstić information content (AvgIpc) is 2.78. The molecule has 0 saturated carbocycles. The minimum atomic E-state index is -0.369. The molecule has 114 valence electrons. The molecule has 0 fully saturated rings. The number of aromatic nitrogens is 2. The van der Waals surface area contributed by atoms with Crippen molar-refractivity contribution in [1.82, 2.24) is 15.1 Å². The summed E-state index contributed by atoms with van der Waals surface area (Å²) in [5.41, 5.74) is 2.93. The summed E-state index contributed by atoms with van der Waals surface area (Å²) >= 11 is 6.08. The van der Waals surface area contributed by atoms with Crippen molar-refractivity contribution < 1.29 is 4.39 Å². The molecule has 1 heterocycles. The molecule has 0 bridgehead atoms. The Kier molecular flexibility index (Phi) is 5.37. The van der Waals surface area contributed by atoms with Crippen LogP contribution < -0.4 is 5.32 Å². The number of halogens is 2. The normalized spacial score (nSPS) is 12.6. The van der Waals surface area contributed by atoms with Crippen molar-refractivity contribution in [3.63, 3.8) is 0 Å². The fourth-order valence-corrected chi connectivity index (χ4v) is 2.70. The van der Waals surface area contributed by atoms with E-state index in [1.165, 1.54) is 6.07 Å². The molecule has 21 heavy (non-hydrogen) atoms. The molecular weight excluding hydrogens is 289 g/mol. The van der Waals surface area contributed by atoms with Crippen molar-refractivity contribution in [1.29, 1.82) is 0 Å². The Bertz CT molecular complexity index is 610. The summed E-state index contributed by atoms with van der Waals surface area (Å²) in [6.45, 7) is 5.00. The van der Waals surface area contributed by atoms with Crippen molar-refractivity contribution in [3.8, 4) is 0 Å². The Hall–Kier alpha value is -1.39. The van der Waals surface area contributed by atoms with E-state index in [2.05, 4.69) is 17.3 Å². The van der Waals surface area contributed by atoms with Crippen molar-refractivity contribution in [2.45, 2.75) is 32.7 Å². The van der Waals surface area contributed by atoms with Gasteiger partial charge in [-0.2, -0.15) is 5.10 Å². The van der Waals surface area contributed by atoms with E-state index in [4.69, 9.17) is 11.6 Å². The summed E-state index contributed by atoms with van der Waals surface area (Å²) in [6, 6.07) is 5.04. The van der Waals surface area contributed by atoms with E-state index in [1.807, 2.05) is 26.2 Å². The fraction of sp³-hybridized carbons (Fsp3) is 0.438. The van der Waals surface area contributed by atoms with Gasteiger partial charge in [-0.25, -0.2) is 4.39 Å². The maximum atomic E-state index is 13.6. The van der Waals surface area contributed by atoms with E-state index < -0.39 is 0 Å². The maximum absolute atomic E-state index is 13.6. The molecule has 1 aromatic carbocycles. The lowest BCUT2D eigenvalue weighted by atomic mass is 9.99. The van der Waals surface area contributed by atoms with Crippen LogP contribution in [0.1, 0.15) is 36.2 Å². The van der Waals surface area contributed by atoms with Crippen LogP contribution in [0.15, 0.2) is 24.4 Å². The number of nitrogens with one attached hydrogen (secondary N) is 1. The molecule has 0 spiro atoms. The van der Waals surface area contributed by atoms with Gasteiger partial charge in [-0.3, -0.25) is 4.68 Å². The van der Waals surface area contributed by atoms with Crippen LogP contribution in [0.3, 0.4) is 0 Å². The third-order valence-corrected chi connectivity index (χ3v) is 3.95. The monoisotopic (exact) mass is 309 g/mol. The predicted octanol–water partition coefficient (Wildman–Crippen LogP) is 3.80. The van der Waals surface area contributed by atoms with E-state index in [0.29, 0.717) is 6.42 Å². The second kappa shape index (κ2) is 7.05. The highest BCUT2D eigenvalue weighted by atomic mass is 35.5. The average molecular weight is 310 g/mol. The summed E-state index contributed by atoms with van der Waals surface area (Å²) < 4.78 is 15.4. The fourth-order valence-electron chi connectivity index (χ4n) is 2.50. The lowest BCUT2D eigenvalue weighted by Gasteiger charge is -2.19. The van der Waals surface area contributed by atoms with Crippen LogP contribution in [0.5, 0.6) is 0 Å². The van der Waals surface area contributed by atoms with Gasteiger partial charge in [0.2, 0.25) is 0 Å². The van der Waals surface area contributed by atoms with Gasteiger partial charge in [-0.05, 0) is 37.9 Å². The quantitative estimate of drug-likeness (QED) is 0.879. The van der Waals surface area contributed by atoms with Gasteiger partial charge in [-0.15, -0.1) is 0 Å². The van der Waals surface area contributed by atoms with Gasteiger partial charge in [-0.1, -0.05) is 30.7 Å². The standard InChI is InChI=1S/C16H21ClFN3/c1-4-8-19-15(13-10-21(3)20-11(13)2)9-12-6-5-7-14(18)16(12)17/h5-7,10,15,19H,4,8-9H2,1-3H3. The maximum Gasteiger partial charge on any atom is 0.142 e. The second-order valence-electron chi connectivity index (χ2n) is 5.27. The number of aryl methyl sites for hydroxylation is 2. The molecular formula is C16H21ClFN3. The lowest BCUT2D eigenvalue weighted by molar-refractivity contribution is 0.525. The van der Waals surface area contributed by atoms with Crippen LogP contribution in [0, 0.1) is 12.7 Å². The first-order chi connectivity index (χ1) is 10.0. The van der Waals surface area contributed by atoms with E-state index in [9.17, 15) is 4.39 Å². The molecule has 1 N–H and O–H groups in total. The van der Waals surface area contributed by atoms with Gasteiger partial charge < -0.3 is 5.32 Å². The smallest absolute Gasteiger partial charge is 0.142 e. The van der Waals surface area contributed by atoms with Gasteiger partial charge >= 0.3 is 0 Å². The Labute approximate surface area is 130 Å². The van der Waals surface area contributed by atoms with Crippen LogP contribution >= 0.6 is 11.6 Å². The number of hydrogen-bond donors (Lipinski definition) is 1. The number of rotatable bonds is 6. The largest absolute Gasteiger partial charge is 0.310 e. The highest BCUT2D eigenvalue weighted by Gasteiger charge is 2.18. The van der Waals surface area contributed by atoms with Gasteiger partial charge in [0.1, 0.15) is 5.82 Å². The van der Waals surface area contributed by atoms with Gasteiger partial charge in [0.05, 0.1) is 10.7 Å². The number of benzene rings is 1. The molecule has 0 saturated heterocycles. The van der Waals surface area contributed by atoms with Crippen LogP contribution in [-0.4, -0.2) is 16.3 Å². The van der Waals surface area contributed by atoms with Crippen molar-refractivity contribution in [3.05, 3.63) is 52.1 Å². The minimum Gasteiger partial charge on any atom is -0.310 e. The van der Waals surface area contributed by atoms with Crippen LogP contribution in [0.2, 0.25) is 5.02 Å². The van der Waals surface area contributed by atoms with E-state index in [0.717, 1.165) is 29.8 Å². The first-order valence-corrected chi connectivity index (χ1v) is 7.57. The first-order valence-electron chi connectivity index (χ1n) is 7.19. The number of nitrogens with zero attached hydrogens (tertiary/aromatic N) is 2. The Morgan fingerprint density at radius 1 is 1.43 bits per heavy atom. The van der Waals surface area contributed by atoms with Crippen molar-refractivity contribution in [2.24, 2.45) is 7.05 Å². The molecule has 5 heteroatoms. The summed E-state index contributed by atoms with van der Waals surface area (Å²) in [4.78, 5) is 0. The molecule has 0 amide bonds. The second-order valence-corrected chi connectivity index (χ2v) is 5.65. The van der Waals surface area contributed by atoms with E-state index in [1.54, 1.807) is 10.7 Å². The van der Waals surface area contributed by atoms with Crippen molar-refractivity contribution in [2.75, 3.05) is 6.54 Å². The van der Waals surface area contributed by atoms with Gasteiger partial charge in [0.25, 0.3) is 0 Å². The third kappa shape index (κ3) is 3.83. The molecule has 3 nitrogen and oxygen atoms in total. The minimum absolute atomic E-state index is 0.0814. The topological polar surface area (TPSA) is 29.9 Å². The molecule has 0 aliphatic rings. The zero-order chi connectivity index (χ0) is 15.4. The molecule has 1 aromatic heterocycles. The van der Waals surface area contributed by atoms with Crippen LogP contribution in [-0.2, 0) is 13.5 Å². The van der Waals surface area contributed by atoms with E-state index >= 15 is 0 Å². The predicted molar refractivity (Wildman–Crippen MR) is 84.1 cm³/mol. The number of hydrogen-bond acceptors (Lipinski definition) is 2. The third-order valence-electron chi connectivity index (χ3n) is 3.52. The SMILES string of the molecule is CCCNC(Cc1cccc(F)c1Cl)c1cn(C)nc1C. The molecule has 0 aliphatic heterocycles. The van der Waals surface area contributed by atoms with Crippen LogP contribution in [0.25, 0.3) is 0 Å². The van der Waals surface area contributed by atoms with Crippen molar-refractivity contribution >= 4 is 11.6 Å². The Balaban J connectivity index is 2.28.